The van der Waals surface area contributed by atoms with Gasteiger partial charge in [-0.15, -0.1) is 24.0 Å². The molecule has 0 amide bonds. The molecule has 6 nitrogen and oxygen atoms in total. The first kappa shape index (κ1) is 22.8. The van der Waals surface area contributed by atoms with Crippen LogP contribution in [0.4, 0.5) is 0 Å². The number of ether oxygens (including phenoxy) is 2. The van der Waals surface area contributed by atoms with Crippen LogP contribution >= 0.6 is 24.0 Å². The lowest BCUT2D eigenvalue weighted by Gasteiger charge is -2.18. The minimum absolute atomic E-state index is 0. The summed E-state index contributed by atoms with van der Waals surface area (Å²) >= 11 is 0. The van der Waals surface area contributed by atoms with Crippen LogP contribution in [0.5, 0.6) is 11.5 Å². The number of fused-ring (bicyclic) bond motifs is 1. The zero-order valence-electron chi connectivity index (χ0n) is 16.2. The minimum Gasteiger partial charge on any atom is -0.454 e. The topological polar surface area (TPSA) is 58.1 Å². The summed E-state index contributed by atoms with van der Waals surface area (Å²) in [4.78, 5) is 6.74. The number of aliphatic imine (C=N–C) groups is 1. The van der Waals surface area contributed by atoms with Crippen LogP contribution in [0.2, 0.25) is 0 Å². The van der Waals surface area contributed by atoms with Crippen LogP contribution in [0.25, 0.3) is 0 Å². The Hall–Kier alpha value is -1.22. The van der Waals surface area contributed by atoms with Gasteiger partial charge in [-0.25, -0.2) is 0 Å². The number of nitrogens with one attached hydrogen (secondary N) is 2. The highest BCUT2D eigenvalue weighted by molar-refractivity contribution is 14.0. The van der Waals surface area contributed by atoms with Crippen LogP contribution in [-0.2, 0) is 6.42 Å². The molecule has 0 radical (unpaired) electrons. The van der Waals surface area contributed by atoms with Crippen LogP contribution in [0.1, 0.15) is 32.3 Å². The Balaban J connectivity index is 0.00000338. The average Bonchev–Trinajstić information content (AvgIpc) is 3.11. The predicted octanol–water partition coefficient (Wildman–Crippen LogP) is 2.86. The molecule has 0 saturated heterocycles. The van der Waals surface area contributed by atoms with Crippen molar-refractivity contribution >= 4 is 29.9 Å². The van der Waals surface area contributed by atoms with E-state index in [1.54, 1.807) is 0 Å². The summed E-state index contributed by atoms with van der Waals surface area (Å²) in [5, 5.41) is 6.75. The molecule has 2 N–H and O–H groups in total. The van der Waals surface area contributed by atoms with Crippen LogP contribution in [-0.4, -0.2) is 57.4 Å². The fourth-order valence-electron chi connectivity index (χ4n) is 2.85. The number of rotatable bonds is 10. The van der Waals surface area contributed by atoms with Crippen LogP contribution in [0.15, 0.2) is 23.2 Å². The fraction of sp³-hybridized carbons (Fsp3) is 0.632. The Morgan fingerprint density at radius 2 is 1.81 bits per heavy atom. The number of halogens is 1. The van der Waals surface area contributed by atoms with E-state index in [-0.39, 0.29) is 24.0 Å². The summed E-state index contributed by atoms with van der Waals surface area (Å²) in [6, 6.07) is 6.10. The molecule has 0 aliphatic carbocycles. The van der Waals surface area contributed by atoms with Crippen molar-refractivity contribution in [2.75, 3.05) is 46.6 Å². The standard InChI is InChI=1S/C19H32N4O2.HI/c1-4-23(5-2)13-7-6-11-21-19(20-3)22-12-10-16-8-9-17-18(14-16)25-15-24-17;/h8-9,14H,4-7,10-13,15H2,1-3H3,(H2,20,21,22);1H. The maximum Gasteiger partial charge on any atom is 0.231 e. The summed E-state index contributed by atoms with van der Waals surface area (Å²) in [5.74, 6) is 2.54. The fourth-order valence-corrected chi connectivity index (χ4v) is 2.85. The van der Waals surface area contributed by atoms with Crippen molar-refractivity contribution in [3.63, 3.8) is 0 Å². The van der Waals surface area contributed by atoms with E-state index in [0.717, 1.165) is 56.5 Å². The number of nitrogens with zero attached hydrogens (tertiary/aromatic N) is 2. The summed E-state index contributed by atoms with van der Waals surface area (Å²) in [5.41, 5.74) is 1.23. The maximum atomic E-state index is 5.41. The molecule has 1 aliphatic rings. The zero-order chi connectivity index (χ0) is 17.9. The molecule has 7 heteroatoms. The van der Waals surface area contributed by atoms with Crippen LogP contribution < -0.4 is 20.1 Å². The lowest BCUT2D eigenvalue weighted by atomic mass is 10.1. The van der Waals surface area contributed by atoms with Gasteiger partial charge >= 0.3 is 0 Å². The quantitative estimate of drug-likeness (QED) is 0.236. The highest BCUT2D eigenvalue weighted by Gasteiger charge is 2.12. The second kappa shape index (κ2) is 13.0. The van der Waals surface area contributed by atoms with Crippen molar-refractivity contribution in [1.29, 1.82) is 0 Å². The molecule has 1 heterocycles. The van der Waals surface area contributed by atoms with Gasteiger partial charge in [0.1, 0.15) is 0 Å². The molecule has 26 heavy (non-hydrogen) atoms. The van der Waals surface area contributed by atoms with Crippen molar-refractivity contribution in [3.8, 4) is 11.5 Å². The summed E-state index contributed by atoms with van der Waals surface area (Å²) in [6.45, 7) is 9.97. The molecule has 0 aromatic heterocycles. The number of unbranched alkanes of at least 4 members (excludes halogenated alkanes) is 1. The molecule has 2 rings (SSSR count). The lowest BCUT2D eigenvalue weighted by molar-refractivity contribution is 0.174. The van der Waals surface area contributed by atoms with E-state index < -0.39 is 0 Å². The molecule has 0 saturated carbocycles. The van der Waals surface area contributed by atoms with E-state index in [2.05, 4.69) is 40.4 Å². The van der Waals surface area contributed by atoms with E-state index in [1.807, 2.05) is 19.2 Å². The monoisotopic (exact) mass is 476 g/mol. The van der Waals surface area contributed by atoms with E-state index in [9.17, 15) is 0 Å². The van der Waals surface area contributed by atoms with E-state index in [4.69, 9.17) is 9.47 Å². The molecular formula is C19H33IN4O2. The summed E-state index contributed by atoms with van der Waals surface area (Å²) in [6.07, 6.45) is 3.28. The van der Waals surface area contributed by atoms with E-state index >= 15 is 0 Å². The van der Waals surface area contributed by atoms with Crippen molar-refractivity contribution in [3.05, 3.63) is 23.8 Å². The second-order valence-electron chi connectivity index (χ2n) is 6.10. The molecular weight excluding hydrogens is 443 g/mol. The van der Waals surface area contributed by atoms with E-state index in [1.165, 1.54) is 18.5 Å². The first-order valence-electron chi connectivity index (χ1n) is 9.32. The van der Waals surface area contributed by atoms with Gasteiger partial charge in [0.25, 0.3) is 0 Å². The Morgan fingerprint density at radius 1 is 1.08 bits per heavy atom. The van der Waals surface area contributed by atoms with Crippen molar-refractivity contribution in [2.24, 2.45) is 4.99 Å². The highest BCUT2D eigenvalue weighted by atomic mass is 127. The van der Waals surface area contributed by atoms with Gasteiger partial charge in [-0.05, 0) is 56.6 Å². The number of guanidine groups is 1. The van der Waals surface area contributed by atoms with Crippen LogP contribution in [0.3, 0.4) is 0 Å². The largest absolute Gasteiger partial charge is 0.454 e. The third kappa shape index (κ3) is 7.57. The molecule has 0 unspecified atom stereocenters. The third-order valence-corrected chi connectivity index (χ3v) is 4.45. The van der Waals surface area contributed by atoms with Gasteiger partial charge in [-0.2, -0.15) is 0 Å². The van der Waals surface area contributed by atoms with Gasteiger partial charge in [0, 0.05) is 20.1 Å². The number of hydrogen-bond donors (Lipinski definition) is 2. The second-order valence-corrected chi connectivity index (χ2v) is 6.10. The predicted molar refractivity (Wildman–Crippen MR) is 118 cm³/mol. The Bertz CT molecular complexity index is 550. The minimum atomic E-state index is 0. The van der Waals surface area contributed by atoms with Crippen LogP contribution in [0, 0.1) is 0 Å². The molecule has 0 fully saturated rings. The first-order chi connectivity index (χ1) is 12.3. The van der Waals surface area contributed by atoms with Crippen molar-refractivity contribution in [1.82, 2.24) is 15.5 Å². The van der Waals surface area contributed by atoms with Crippen molar-refractivity contribution < 1.29 is 9.47 Å². The maximum absolute atomic E-state index is 5.41. The molecule has 0 bridgehead atoms. The molecule has 1 aliphatic heterocycles. The normalized spacial score (nSPS) is 12.8. The molecule has 0 atom stereocenters. The molecule has 0 spiro atoms. The smallest absolute Gasteiger partial charge is 0.231 e. The van der Waals surface area contributed by atoms with Crippen molar-refractivity contribution in [2.45, 2.75) is 33.1 Å². The Labute approximate surface area is 174 Å². The third-order valence-electron chi connectivity index (χ3n) is 4.45. The van der Waals surface area contributed by atoms with Gasteiger partial charge in [0.15, 0.2) is 17.5 Å². The first-order valence-corrected chi connectivity index (χ1v) is 9.32. The summed E-state index contributed by atoms with van der Waals surface area (Å²) < 4.78 is 10.8. The van der Waals surface area contributed by atoms with Gasteiger partial charge < -0.3 is 25.0 Å². The number of benzene rings is 1. The highest BCUT2D eigenvalue weighted by Crippen LogP contribution is 2.32. The summed E-state index contributed by atoms with van der Waals surface area (Å²) in [7, 11) is 1.81. The number of hydrogen-bond acceptors (Lipinski definition) is 4. The lowest BCUT2D eigenvalue weighted by Crippen LogP contribution is -2.38. The SMILES string of the molecule is CCN(CC)CCCCNC(=NC)NCCc1ccc2c(c1)OCO2.I. The van der Waals surface area contributed by atoms with Gasteiger partial charge in [-0.1, -0.05) is 19.9 Å². The molecule has 148 valence electrons. The van der Waals surface area contributed by atoms with E-state index in [0.29, 0.717) is 6.79 Å². The van der Waals surface area contributed by atoms with Gasteiger partial charge in [-0.3, -0.25) is 4.99 Å². The van der Waals surface area contributed by atoms with Gasteiger partial charge in [0.05, 0.1) is 0 Å². The zero-order valence-corrected chi connectivity index (χ0v) is 18.5. The van der Waals surface area contributed by atoms with Gasteiger partial charge in [0.2, 0.25) is 6.79 Å². The molecule has 1 aromatic rings. The Kier molecular flexibility index (Phi) is 11.4. The Morgan fingerprint density at radius 3 is 2.54 bits per heavy atom. The average molecular weight is 476 g/mol. The molecule has 1 aromatic carbocycles.